The molecular weight excluding hydrogens is 1020 g/mol. The maximum Gasteiger partial charge on any atom is 0.490 e. The van der Waals surface area contributed by atoms with Gasteiger partial charge in [-0.1, -0.05) is 67.0 Å². The van der Waals surface area contributed by atoms with Crippen LogP contribution in [-0.4, -0.2) is 163 Å². The van der Waals surface area contributed by atoms with Crippen LogP contribution >= 0.6 is 15.9 Å². The van der Waals surface area contributed by atoms with Crippen LogP contribution in [0.15, 0.2) is 60.8 Å². The standard InChI is InChI=1S/C44H61BrF2N6O11.C2HF3O2/c1-44(2,3)41(37-23-31(33-24-32(46)9-10-34(33)47)28-52(37)27-30-7-5-4-6-8-30)53(40(57)29-54)14-11-35(48)42(58)51-36(43(59)60)26-50-38(55)12-15-61-17-19-63-21-22-64-20-18-62-16-13-49-39(56)25-45;3-2(4,5)1(6)7/h4-10,23-24,28,35-36,41,54H,11-22,25-27,29,48H2,1-3H3,(H,49,56)(H,50,55)(H,51,58)(H,59,60);(H,6,7)/t35?,36-,41?;/m1./s1. The quantitative estimate of drug-likeness (QED) is 0.0287. The second-order valence-corrected chi connectivity index (χ2v) is 17.1. The number of halogens is 6. The van der Waals surface area contributed by atoms with Crippen molar-refractivity contribution >= 4 is 51.5 Å². The van der Waals surface area contributed by atoms with Crippen LogP contribution in [0.5, 0.6) is 0 Å². The summed E-state index contributed by atoms with van der Waals surface area (Å²) < 4.78 is 84.6. The Balaban J connectivity index is 0.00000229. The van der Waals surface area contributed by atoms with Crippen LogP contribution < -0.4 is 21.7 Å². The number of rotatable bonds is 30. The number of nitrogens with two attached hydrogens (primary N) is 1. The molecule has 0 radical (unpaired) electrons. The molecule has 0 fully saturated rings. The Morgan fingerprint density at radius 1 is 0.817 bits per heavy atom. The minimum Gasteiger partial charge on any atom is -0.480 e. The van der Waals surface area contributed by atoms with Gasteiger partial charge in [-0.05, 0) is 41.7 Å². The fourth-order valence-electron chi connectivity index (χ4n) is 6.53. The van der Waals surface area contributed by atoms with E-state index in [0.717, 1.165) is 23.8 Å². The number of amides is 4. The number of alkyl halides is 4. The van der Waals surface area contributed by atoms with Crippen molar-refractivity contribution in [2.75, 3.05) is 84.4 Å². The Bertz CT molecular complexity index is 2150. The van der Waals surface area contributed by atoms with Crippen LogP contribution in [0.3, 0.4) is 0 Å². The molecule has 71 heavy (non-hydrogen) atoms. The van der Waals surface area contributed by atoms with Crippen LogP contribution in [0.25, 0.3) is 11.1 Å². The SMILES string of the molecule is CC(C)(C)C(c1cc(-c2cc(F)ccc2F)cn1Cc1ccccc1)N(CCC(N)C(=O)N[C@H](CNC(=O)CCOCCOCCOCCOCCNC(=O)CBr)C(=O)O)C(=O)CO.O=C(O)C(F)(F)F. The van der Waals surface area contributed by atoms with Crippen molar-refractivity contribution in [2.24, 2.45) is 11.1 Å². The number of ether oxygens (including phenoxy) is 4. The number of carboxylic acid groups (broad SMARTS) is 2. The molecule has 0 saturated carbocycles. The summed E-state index contributed by atoms with van der Waals surface area (Å²) in [7, 11) is 0. The van der Waals surface area contributed by atoms with Gasteiger partial charge in [0.05, 0.1) is 70.3 Å². The lowest BCUT2D eigenvalue weighted by Gasteiger charge is -2.41. The predicted molar refractivity (Wildman–Crippen MR) is 250 cm³/mol. The molecule has 0 saturated heterocycles. The minimum absolute atomic E-state index is 0.0165. The van der Waals surface area contributed by atoms with Crippen molar-refractivity contribution in [3.8, 4) is 11.1 Å². The van der Waals surface area contributed by atoms with E-state index in [2.05, 4.69) is 31.9 Å². The number of aromatic nitrogens is 1. The Morgan fingerprint density at radius 2 is 1.39 bits per heavy atom. The molecule has 0 aliphatic carbocycles. The Hall–Kier alpha value is -5.57. The number of hydrogen-bond acceptors (Lipinski definition) is 12. The van der Waals surface area contributed by atoms with Crippen molar-refractivity contribution in [2.45, 2.75) is 64.5 Å². The average Bonchev–Trinajstić information content (AvgIpc) is 3.71. The maximum atomic E-state index is 15.1. The number of carbonyl (C=O) groups excluding carboxylic acids is 4. The van der Waals surface area contributed by atoms with Gasteiger partial charge < -0.3 is 65.4 Å². The van der Waals surface area contributed by atoms with Gasteiger partial charge in [-0.3, -0.25) is 19.2 Å². The Labute approximate surface area is 415 Å². The molecule has 1 heterocycles. The topological polar surface area (TPSA) is 270 Å². The zero-order chi connectivity index (χ0) is 53.1. The normalized spacial score (nSPS) is 12.7. The molecule has 19 nitrogen and oxygen atoms in total. The van der Waals surface area contributed by atoms with E-state index in [0.29, 0.717) is 57.4 Å². The van der Waals surface area contributed by atoms with Crippen molar-refractivity contribution in [3.05, 3.63) is 83.7 Å². The van der Waals surface area contributed by atoms with Crippen LogP contribution in [-0.2, 0) is 54.3 Å². The zero-order valence-corrected chi connectivity index (χ0v) is 41.1. The molecule has 1 aromatic heterocycles. The van der Waals surface area contributed by atoms with E-state index >= 15 is 4.39 Å². The van der Waals surface area contributed by atoms with Gasteiger partial charge in [0.15, 0.2) is 0 Å². The first-order valence-electron chi connectivity index (χ1n) is 22.1. The lowest BCUT2D eigenvalue weighted by Crippen LogP contribution is -2.53. The molecule has 25 heteroatoms. The van der Waals surface area contributed by atoms with Gasteiger partial charge in [0.2, 0.25) is 23.6 Å². The molecule has 3 rings (SSSR count). The third-order valence-electron chi connectivity index (χ3n) is 9.89. The minimum atomic E-state index is -5.08. The van der Waals surface area contributed by atoms with Crippen molar-refractivity contribution < 1.29 is 85.0 Å². The van der Waals surface area contributed by atoms with Crippen LogP contribution in [0.2, 0.25) is 0 Å². The van der Waals surface area contributed by atoms with E-state index in [9.17, 15) is 51.7 Å². The van der Waals surface area contributed by atoms with Crippen molar-refractivity contribution in [3.63, 3.8) is 0 Å². The molecular formula is C46H62BrF5N6O13. The van der Waals surface area contributed by atoms with E-state index in [-0.39, 0.29) is 56.0 Å². The summed E-state index contributed by atoms with van der Waals surface area (Å²) >= 11 is 3.06. The fraction of sp³-hybridized carbons (Fsp3) is 0.522. The zero-order valence-electron chi connectivity index (χ0n) is 39.5. The van der Waals surface area contributed by atoms with Crippen molar-refractivity contribution in [1.82, 2.24) is 25.4 Å². The predicted octanol–water partition coefficient (Wildman–Crippen LogP) is 3.39. The lowest BCUT2D eigenvalue weighted by molar-refractivity contribution is -0.192. The summed E-state index contributed by atoms with van der Waals surface area (Å²) in [5.41, 5.74) is 7.34. The smallest absolute Gasteiger partial charge is 0.480 e. The number of aliphatic hydroxyl groups excluding tert-OH is 1. The van der Waals surface area contributed by atoms with Crippen LogP contribution in [0.4, 0.5) is 22.0 Å². The van der Waals surface area contributed by atoms with Crippen LogP contribution in [0, 0.1) is 17.0 Å². The molecule has 2 unspecified atom stereocenters. The molecule has 4 amide bonds. The molecule has 8 N–H and O–H groups in total. The van der Waals surface area contributed by atoms with Gasteiger partial charge >= 0.3 is 18.1 Å². The molecule has 3 atom stereocenters. The third kappa shape index (κ3) is 23.5. The van der Waals surface area contributed by atoms with E-state index in [1.54, 1.807) is 12.3 Å². The summed E-state index contributed by atoms with van der Waals surface area (Å²) in [6, 6.07) is 10.6. The number of aliphatic hydroxyl groups is 1. The number of nitrogens with one attached hydrogen (secondary N) is 3. The van der Waals surface area contributed by atoms with Gasteiger partial charge in [-0.25, -0.2) is 18.4 Å². The first-order valence-corrected chi connectivity index (χ1v) is 23.2. The number of hydrogen-bond donors (Lipinski definition) is 7. The number of nitrogens with zero attached hydrogens (tertiary/aromatic N) is 2. The summed E-state index contributed by atoms with van der Waals surface area (Å²) in [4.78, 5) is 72.6. The number of carbonyl (C=O) groups is 6. The highest BCUT2D eigenvalue weighted by atomic mass is 79.9. The van der Waals surface area contributed by atoms with Gasteiger partial charge in [-0.2, -0.15) is 13.2 Å². The lowest BCUT2D eigenvalue weighted by atomic mass is 9.82. The molecule has 3 aromatic rings. The van der Waals surface area contributed by atoms with E-state index < -0.39 is 84.2 Å². The largest absolute Gasteiger partial charge is 0.490 e. The van der Waals surface area contributed by atoms with Crippen LogP contribution in [0.1, 0.15) is 50.9 Å². The monoisotopic (exact) mass is 1080 g/mol. The molecule has 0 spiro atoms. The number of aliphatic carboxylic acids is 2. The summed E-state index contributed by atoms with van der Waals surface area (Å²) in [6.45, 7) is 7.12. The van der Waals surface area contributed by atoms with Crippen molar-refractivity contribution in [1.29, 1.82) is 0 Å². The van der Waals surface area contributed by atoms with Gasteiger partial charge in [-0.15, -0.1) is 0 Å². The Morgan fingerprint density at radius 3 is 1.93 bits per heavy atom. The molecule has 2 aromatic carbocycles. The molecule has 0 aliphatic rings. The number of carboxylic acids is 2. The number of benzene rings is 2. The maximum absolute atomic E-state index is 15.1. The van der Waals surface area contributed by atoms with Gasteiger partial charge in [0.25, 0.3) is 0 Å². The summed E-state index contributed by atoms with van der Waals surface area (Å²) in [6.07, 6.45) is -3.65. The summed E-state index contributed by atoms with van der Waals surface area (Å²) in [5.74, 6) is -7.62. The molecule has 396 valence electrons. The first kappa shape index (κ1) is 61.5. The third-order valence-corrected chi connectivity index (χ3v) is 10.4. The van der Waals surface area contributed by atoms with E-state index in [1.165, 1.54) is 4.90 Å². The average molecular weight is 1080 g/mol. The second kappa shape index (κ2) is 31.7. The highest BCUT2D eigenvalue weighted by molar-refractivity contribution is 9.09. The van der Waals surface area contributed by atoms with Gasteiger partial charge in [0.1, 0.15) is 24.3 Å². The second-order valence-electron chi connectivity index (χ2n) is 16.5. The van der Waals surface area contributed by atoms with Gasteiger partial charge in [0, 0.05) is 55.6 Å². The molecule has 0 bridgehead atoms. The first-order chi connectivity index (χ1) is 33.5. The highest BCUT2D eigenvalue weighted by Crippen LogP contribution is 2.41. The Kier molecular flexibility index (Phi) is 27.5. The van der Waals surface area contributed by atoms with E-state index in [4.69, 9.17) is 34.6 Å². The van der Waals surface area contributed by atoms with E-state index in [1.807, 2.05) is 55.7 Å². The fourth-order valence-corrected chi connectivity index (χ4v) is 6.73. The molecule has 0 aliphatic heterocycles. The summed E-state index contributed by atoms with van der Waals surface area (Å²) in [5, 5.41) is 34.8. The highest BCUT2D eigenvalue weighted by Gasteiger charge is 2.39.